The van der Waals surface area contributed by atoms with Gasteiger partial charge in [-0.3, -0.25) is 4.79 Å². The molecule has 0 saturated carbocycles. The SMILES string of the molecule is C=C(C)C(=O)CCC[Si](CC)(CC)CC. The number of rotatable bonds is 8. The minimum atomic E-state index is -1.00. The van der Waals surface area contributed by atoms with Crippen molar-refractivity contribution in [1.82, 2.24) is 0 Å². The largest absolute Gasteiger partial charge is 0.295 e. The van der Waals surface area contributed by atoms with E-state index in [-0.39, 0.29) is 5.78 Å². The van der Waals surface area contributed by atoms with Crippen LogP contribution in [0.2, 0.25) is 24.2 Å². The first-order valence-corrected chi connectivity index (χ1v) is 9.03. The predicted octanol–water partition coefficient (Wildman–Crippen LogP) is 4.42. The van der Waals surface area contributed by atoms with Crippen LogP contribution in [0, 0.1) is 0 Å². The Hall–Kier alpha value is -0.373. The molecule has 0 unspecified atom stereocenters. The maximum atomic E-state index is 11.4. The van der Waals surface area contributed by atoms with E-state index < -0.39 is 8.07 Å². The van der Waals surface area contributed by atoms with Gasteiger partial charge >= 0.3 is 0 Å². The first kappa shape index (κ1) is 14.6. The molecule has 0 aliphatic carbocycles. The first-order valence-electron chi connectivity index (χ1n) is 6.20. The molecule has 88 valence electrons. The van der Waals surface area contributed by atoms with E-state index in [2.05, 4.69) is 27.4 Å². The van der Waals surface area contributed by atoms with Gasteiger partial charge in [0.05, 0.1) is 8.07 Å². The van der Waals surface area contributed by atoms with Crippen LogP contribution < -0.4 is 0 Å². The Labute approximate surface area is 96.0 Å². The van der Waals surface area contributed by atoms with Gasteiger partial charge in [-0.15, -0.1) is 0 Å². The van der Waals surface area contributed by atoms with Crippen molar-refractivity contribution in [2.24, 2.45) is 0 Å². The summed E-state index contributed by atoms with van der Waals surface area (Å²) in [6.07, 6.45) is 1.79. The van der Waals surface area contributed by atoms with Crippen molar-refractivity contribution in [3.8, 4) is 0 Å². The maximum absolute atomic E-state index is 11.4. The number of allylic oxidation sites excluding steroid dienone is 1. The summed E-state index contributed by atoms with van der Waals surface area (Å²) >= 11 is 0. The molecule has 0 atom stereocenters. The fraction of sp³-hybridized carbons (Fsp3) is 0.769. The lowest BCUT2D eigenvalue weighted by molar-refractivity contribution is -0.115. The fourth-order valence-corrected chi connectivity index (χ4v) is 5.61. The van der Waals surface area contributed by atoms with E-state index in [1.807, 2.05) is 6.92 Å². The second-order valence-electron chi connectivity index (χ2n) is 4.62. The molecule has 0 heterocycles. The van der Waals surface area contributed by atoms with Crippen LogP contribution in [0.4, 0.5) is 0 Å². The van der Waals surface area contributed by atoms with Gasteiger partial charge in [-0.1, -0.05) is 51.5 Å². The molecule has 0 bridgehead atoms. The molecular weight excluding hydrogens is 200 g/mol. The van der Waals surface area contributed by atoms with Gasteiger partial charge in [-0.05, 0) is 18.9 Å². The van der Waals surface area contributed by atoms with Gasteiger partial charge in [0, 0.05) is 6.42 Å². The van der Waals surface area contributed by atoms with Crippen LogP contribution in [-0.4, -0.2) is 13.9 Å². The summed E-state index contributed by atoms with van der Waals surface area (Å²) in [7, 11) is -1.00. The Morgan fingerprint density at radius 3 is 1.93 bits per heavy atom. The van der Waals surface area contributed by atoms with Gasteiger partial charge in [0.1, 0.15) is 0 Å². The minimum absolute atomic E-state index is 0.251. The monoisotopic (exact) mass is 226 g/mol. The van der Waals surface area contributed by atoms with Crippen molar-refractivity contribution in [3.63, 3.8) is 0 Å². The third-order valence-electron chi connectivity index (χ3n) is 3.84. The van der Waals surface area contributed by atoms with E-state index in [0.29, 0.717) is 12.0 Å². The highest BCUT2D eigenvalue weighted by atomic mass is 28.3. The molecule has 0 spiro atoms. The molecule has 0 radical (unpaired) electrons. The first-order chi connectivity index (χ1) is 7.01. The van der Waals surface area contributed by atoms with Gasteiger partial charge in [-0.2, -0.15) is 0 Å². The third kappa shape index (κ3) is 4.78. The molecule has 0 N–H and O–H groups in total. The van der Waals surface area contributed by atoms with E-state index in [1.54, 1.807) is 0 Å². The van der Waals surface area contributed by atoms with Crippen LogP contribution in [0.15, 0.2) is 12.2 Å². The molecule has 0 rings (SSSR count). The number of hydrogen-bond acceptors (Lipinski definition) is 1. The Morgan fingerprint density at radius 2 is 1.60 bits per heavy atom. The fourth-order valence-electron chi connectivity index (χ4n) is 2.12. The molecule has 0 aromatic rings. The summed E-state index contributed by atoms with van der Waals surface area (Å²) in [5.74, 6) is 0.251. The van der Waals surface area contributed by atoms with Crippen LogP contribution in [0.25, 0.3) is 0 Å². The van der Waals surface area contributed by atoms with Crippen molar-refractivity contribution in [2.75, 3.05) is 0 Å². The highest BCUT2D eigenvalue weighted by Crippen LogP contribution is 2.27. The Balaban J connectivity index is 4.02. The lowest BCUT2D eigenvalue weighted by Gasteiger charge is -2.27. The number of carbonyl (C=O) groups excluding carboxylic acids is 1. The average Bonchev–Trinajstić information content (AvgIpc) is 2.24. The number of hydrogen-bond donors (Lipinski definition) is 0. The minimum Gasteiger partial charge on any atom is -0.295 e. The van der Waals surface area contributed by atoms with Gasteiger partial charge in [0.15, 0.2) is 5.78 Å². The second kappa shape index (κ2) is 6.99. The Morgan fingerprint density at radius 1 is 1.13 bits per heavy atom. The van der Waals surface area contributed by atoms with Crippen LogP contribution in [-0.2, 0) is 4.79 Å². The molecule has 2 heteroatoms. The Bertz CT molecular complexity index is 208. The molecular formula is C13H26OSi. The van der Waals surface area contributed by atoms with Gasteiger partial charge in [-0.25, -0.2) is 0 Å². The summed E-state index contributed by atoms with van der Waals surface area (Å²) < 4.78 is 0. The lowest BCUT2D eigenvalue weighted by atomic mass is 10.1. The van der Waals surface area contributed by atoms with E-state index in [4.69, 9.17) is 0 Å². The molecule has 0 aliphatic rings. The summed E-state index contributed by atoms with van der Waals surface area (Å²) in [5, 5.41) is 0. The van der Waals surface area contributed by atoms with E-state index in [1.165, 1.54) is 24.2 Å². The van der Waals surface area contributed by atoms with Crippen molar-refractivity contribution < 1.29 is 4.79 Å². The lowest BCUT2D eigenvalue weighted by Crippen LogP contribution is -2.30. The highest BCUT2D eigenvalue weighted by Gasteiger charge is 2.25. The smallest absolute Gasteiger partial charge is 0.157 e. The number of carbonyl (C=O) groups is 1. The standard InChI is InChI=1S/C13H26OSi/c1-6-15(7-2,8-3)11-9-10-13(14)12(4)5/h4,6-11H2,1-3,5H3. The maximum Gasteiger partial charge on any atom is 0.157 e. The van der Waals surface area contributed by atoms with E-state index >= 15 is 0 Å². The topological polar surface area (TPSA) is 17.1 Å². The second-order valence-corrected chi connectivity index (χ2v) is 10.2. The number of ketones is 1. The van der Waals surface area contributed by atoms with Crippen LogP contribution in [0.3, 0.4) is 0 Å². The predicted molar refractivity (Wildman–Crippen MR) is 71.1 cm³/mol. The third-order valence-corrected chi connectivity index (χ3v) is 9.75. The van der Waals surface area contributed by atoms with Crippen molar-refractivity contribution in [2.45, 2.75) is 64.7 Å². The zero-order valence-corrected chi connectivity index (χ0v) is 11.9. The molecule has 0 aliphatic heterocycles. The quantitative estimate of drug-likeness (QED) is 0.442. The summed E-state index contributed by atoms with van der Waals surface area (Å²) in [6.45, 7) is 12.5. The molecule has 0 amide bonds. The van der Waals surface area contributed by atoms with Crippen molar-refractivity contribution in [1.29, 1.82) is 0 Å². The molecule has 0 aromatic carbocycles. The van der Waals surface area contributed by atoms with Crippen LogP contribution >= 0.6 is 0 Å². The molecule has 0 aromatic heterocycles. The zero-order valence-electron chi connectivity index (χ0n) is 10.9. The van der Waals surface area contributed by atoms with Crippen molar-refractivity contribution in [3.05, 3.63) is 12.2 Å². The van der Waals surface area contributed by atoms with Crippen LogP contribution in [0.1, 0.15) is 40.5 Å². The zero-order chi connectivity index (χ0) is 11.9. The molecule has 0 fully saturated rings. The van der Waals surface area contributed by atoms with E-state index in [0.717, 1.165) is 6.42 Å². The van der Waals surface area contributed by atoms with Gasteiger partial charge < -0.3 is 0 Å². The number of Topliss-reactive ketones (excluding diaryl/α,β-unsaturated/α-hetero) is 1. The van der Waals surface area contributed by atoms with E-state index in [9.17, 15) is 4.79 Å². The Kier molecular flexibility index (Phi) is 6.82. The van der Waals surface area contributed by atoms with Gasteiger partial charge in [0.25, 0.3) is 0 Å². The molecule has 15 heavy (non-hydrogen) atoms. The van der Waals surface area contributed by atoms with Gasteiger partial charge in [0.2, 0.25) is 0 Å². The van der Waals surface area contributed by atoms with Crippen LogP contribution in [0.5, 0.6) is 0 Å². The normalized spacial score (nSPS) is 11.5. The average molecular weight is 226 g/mol. The molecule has 0 saturated heterocycles. The summed E-state index contributed by atoms with van der Waals surface area (Å²) in [6, 6.07) is 5.40. The summed E-state index contributed by atoms with van der Waals surface area (Å²) in [5.41, 5.74) is 0.715. The van der Waals surface area contributed by atoms with Crippen molar-refractivity contribution >= 4 is 13.9 Å². The molecule has 1 nitrogen and oxygen atoms in total. The highest BCUT2D eigenvalue weighted by molar-refractivity contribution is 6.79. The summed E-state index contributed by atoms with van der Waals surface area (Å²) in [4.78, 5) is 11.4.